The molecule has 0 aliphatic rings. The van der Waals surface area contributed by atoms with Gasteiger partial charge in [0.05, 0.1) is 12.1 Å². The summed E-state index contributed by atoms with van der Waals surface area (Å²) in [6.45, 7) is 8.41. The van der Waals surface area contributed by atoms with Gasteiger partial charge in [0.15, 0.2) is 5.65 Å². The molecule has 0 bridgehead atoms. The molecule has 4 nitrogen and oxygen atoms in total. The Hall–Kier alpha value is -1.58. The van der Waals surface area contributed by atoms with Crippen LogP contribution in [0.1, 0.15) is 53.0 Å². The Morgan fingerprint density at radius 1 is 1.26 bits per heavy atom. The Morgan fingerprint density at radius 2 is 2.05 bits per heavy atom. The second kappa shape index (κ2) is 6.04. The molecule has 104 valence electrons. The van der Waals surface area contributed by atoms with E-state index in [4.69, 9.17) is 4.74 Å². The molecule has 0 saturated heterocycles. The summed E-state index contributed by atoms with van der Waals surface area (Å²) in [6, 6.07) is 4.41. The minimum atomic E-state index is 0.135. The van der Waals surface area contributed by atoms with Crippen molar-refractivity contribution in [2.45, 2.75) is 59.1 Å². The van der Waals surface area contributed by atoms with E-state index in [9.17, 15) is 0 Å². The van der Waals surface area contributed by atoms with Crippen LogP contribution in [0.25, 0.3) is 11.0 Å². The van der Waals surface area contributed by atoms with Crippen LogP contribution in [0.15, 0.2) is 18.3 Å². The zero-order valence-corrected chi connectivity index (χ0v) is 12.3. The van der Waals surface area contributed by atoms with Gasteiger partial charge < -0.3 is 4.74 Å². The van der Waals surface area contributed by atoms with Gasteiger partial charge in [-0.1, -0.05) is 20.3 Å². The van der Waals surface area contributed by atoms with Crippen LogP contribution < -0.4 is 4.74 Å². The molecule has 2 heterocycles. The van der Waals surface area contributed by atoms with Crippen LogP contribution in [-0.2, 0) is 0 Å². The first kappa shape index (κ1) is 13.8. The fourth-order valence-electron chi connectivity index (χ4n) is 2.25. The van der Waals surface area contributed by atoms with Gasteiger partial charge in [-0.3, -0.25) is 4.68 Å². The van der Waals surface area contributed by atoms with Gasteiger partial charge in [0.2, 0.25) is 5.88 Å². The molecule has 4 heteroatoms. The maximum absolute atomic E-state index is 5.61. The van der Waals surface area contributed by atoms with E-state index < -0.39 is 0 Å². The number of rotatable bonds is 6. The average molecular weight is 261 g/mol. The fraction of sp³-hybridized carbons (Fsp3) is 0.600. The first-order chi connectivity index (χ1) is 9.13. The number of fused-ring (bicyclic) bond motifs is 1. The molecule has 2 aromatic rings. The Bertz CT molecular complexity index is 533. The Morgan fingerprint density at radius 3 is 2.68 bits per heavy atom. The van der Waals surface area contributed by atoms with Gasteiger partial charge in [0.25, 0.3) is 0 Å². The Labute approximate surface area is 114 Å². The zero-order valence-electron chi connectivity index (χ0n) is 12.3. The van der Waals surface area contributed by atoms with E-state index in [1.165, 1.54) is 6.42 Å². The number of pyridine rings is 1. The molecule has 0 aliphatic heterocycles. The van der Waals surface area contributed by atoms with Crippen LogP contribution in [0.5, 0.6) is 5.88 Å². The first-order valence-electron chi connectivity index (χ1n) is 7.16. The third-order valence-corrected chi connectivity index (χ3v) is 3.19. The molecule has 0 saturated carbocycles. The molecule has 0 radical (unpaired) electrons. The van der Waals surface area contributed by atoms with E-state index in [0.29, 0.717) is 11.9 Å². The maximum Gasteiger partial charge on any atom is 0.215 e. The Kier molecular flexibility index (Phi) is 4.40. The molecule has 0 N–H and O–H groups in total. The summed E-state index contributed by atoms with van der Waals surface area (Å²) in [5.41, 5.74) is 0.771. The minimum Gasteiger partial charge on any atom is -0.475 e. The van der Waals surface area contributed by atoms with Crippen molar-refractivity contribution >= 4 is 11.0 Å². The average Bonchev–Trinajstić information content (AvgIpc) is 2.77. The number of hydrogen-bond donors (Lipinski definition) is 0. The van der Waals surface area contributed by atoms with Crippen molar-refractivity contribution in [2.75, 3.05) is 0 Å². The highest BCUT2D eigenvalue weighted by molar-refractivity contribution is 5.74. The largest absolute Gasteiger partial charge is 0.475 e. The maximum atomic E-state index is 5.61. The third kappa shape index (κ3) is 3.25. The molecule has 1 atom stereocenters. The summed E-state index contributed by atoms with van der Waals surface area (Å²) in [7, 11) is 0. The minimum absolute atomic E-state index is 0.135. The standard InChI is InChI=1S/C15H23N3O/c1-5-7-13(6-2)18-10-12-8-9-14(19-11(3)4)16-15(12)17-18/h8-11,13H,5-7H2,1-4H3. The zero-order chi connectivity index (χ0) is 13.8. The molecule has 0 aromatic carbocycles. The van der Waals surface area contributed by atoms with Crippen LogP contribution in [-0.4, -0.2) is 20.9 Å². The normalized spacial score (nSPS) is 13.1. The van der Waals surface area contributed by atoms with Crippen molar-refractivity contribution in [3.05, 3.63) is 18.3 Å². The molecular formula is C15H23N3O. The predicted molar refractivity (Wildman–Crippen MR) is 77.5 cm³/mol. The second-order valence-corrected chi connectivity index (χ2v) is 5.19. The predicted octanol–water partition coefficient (Wildman–Crippen LogP) is 3.97. The molecule has 2 rings (SSSR count). The van der Waals surface area contributed by atoms with E-state index in [0.717, 1.165) is 23.9 Å². The van der Waals surface area contributed by atoms with E-state index in [-0.39, 0.29) is 6.10 Å². The highest BCUT2D eigenvalue weighted by atomic mass is 16.5. The van der Waals surface area contributed by atoms with Gasteiger partial charge in [0, 0.05) is 17.6 Å². The molecule has 2 aromatic heterocycles. The molecule has 0 aliphatic carbocycles. The number of nitrogens with zero attached hydrogens (tertiary/aromatic N) is 3. The molecule has 1 unspecified atom stereocenters. The summed E-state index contributed by atoms with van der Waals surface area (Å²) in [4.78, 5) is 4.46. The third-order valence-electron chi connectivity index (χ3n) is 3.19. The van der Waals surface area contributed by atoms with Gasteiger partial charge in [0.1, 0.15) is 0 Å². The van der Waals surface area contributed by atoms with Gasteiger partial charge in [-0.05, 0) is 32.8 Å². The lowest BCUT2D eigenvalue weighted by molar-refractivity contribution is 0.233. The SMILES string of the molecule is CCCC(CC)n1cc2ccc(OC(C)C)nc2n1. The van der Waals surface area contributed by atoms with Gasteiger partial charge in [-0.2, -0.15) is 10.1 Å². The van der Waals surface area contributed by atoms with Gasteiger partial charge >= 0.3 is 0 Å². The molecule has 0 fully saturated rings. The van der Waals surface area contributed by atoms with Crippen molar-refractivity contribution in [1.82, 2.24) is 14.8 Å². The van der Waals surface area contributed by atoms with Crippen molar-refractivity contribution in [1.29, 1.82) is 0 Å². The van der Waals surface area contributed by atoms with E-state index in [1.807, 2.05) is 26.0 Å². The summed E-state index contributed by atoms with van der Waals surface area (Å²) in [5.74, 6) is 0.649. The summed E-state index contributed by atoms with van der Waals surface area (Å²) in [6.07, 6.45) is 5.64. The van der Waals surface area contributed by atoms with Gasteiger partial charge in [-0.25, -0.2) is 0 Å². The molecule has 0 amide bonds. The van der Waals surface area contributed by atoms with Crippen molar-refractivity contribution < 1.29 is 4.74 Å². The van der Waals surface area contributed by atoms with E-state index in [2.05, 4.69) is 34.8 Å². The number of hydrogen-bond acceptors (Lipinski definition) is 3. The fourth-order valence-corrected chi connectivity index (χ4v) is 2.25. The van der Waals surface area contributed by atoms with Crippen LogP contribution in [0.3, 0.4) is 0 Å². The van der Waals surface area contributed by atoms with E-state index in [1.54, 1.807) is 0 Å². The lowest BCUT2D eigenvalue weighted by Gasteiger charge is -2.13. The molecule has 0 spiro atoms. The monoisotopic (exact) mass is 261 g/mol. The topological polar surface area (TPSA) is 39.9 Å². The van der Waals surface area contributed by atoms with Crippen molar-refractivity contribution in [3.63, 3.8) is 0 Å². The number of ether oxygens (including phenoxy) is 1. The van der Waals surface area contributed by atoms with Crippen molar-refractivity contribution in [2.24, 2.45) is 0 Å². The highest BCUT2D eigenvalue weighted by Gasteiger charge is 2.11. The lowest BCUT2D eigenvalue weighted by Crippen LogP contribution is -2.08. The number of aromatic nitrogens is 3. The van der Waals surface area contributed by atoms with Gasteiger partial charge in [-0.15, -0.1) is 0 Å². The molecule has 19 heavy (non-hydrogen) atoms. The quantitative estimate of drug-likeness (QED) is 0.790. The highest BCUT2D eigenvalue weighted by Crippen LogP contribution is 2.22. The summed E-state index contributed by atoms with van der Waals surface area (Å²) in [5, 5.41) is 5.67. The smallest absolute Gasteiger partial charge is 0.215 e. The molecular weight excluding hydrogens is 238 g/mol. The van der Waals surface area contributed by atoms with E-state index >= 15 is 0 Å². The lowest BCUT2D eigenvalue weighted by atomic mass is 10.1. The Balaban J connectivity index is 2.29. The van der Waals surface area contributed by atoms with Crippen LogP contribution in [0.2, 0.25) is 0 Å². The summed E-state index contributed by atoms with van der Waals surface area (Å²) < 4.78 is 7.66. The van der Waals surface area contributed by atoms with Crippen LogP contribution in [0.4, 0.5) is 0 Å². The first-order valence-corrected chi connectivity index (χ1v) is 7.16. The van der Waals surface area contributed by atoms with Crippen LogP contribution >= 0.6 is 0 Å². The van der Waals surface area contributed by atoms with Crippen molar-refractivity contribution in [3.8, 4) is 5.88 Å². The van der Waals surface area contributed by atoms with Crippen LogP contribution in [0, 0.1) is 0 Å². The summed E-state index contributed by atoms with van der Waals surface area (Å²) >= 11 is 0. The second-order valence-electron chi connectivity index (χ2n) is 5.19.